The van der Waals surface area contributed by atoms with Crippen LogP contribution < -0.4 is 10.6 Å². The molecular weight excluding hydrogens is 257 g/mol. The molecule has 1 heterocycles. The van der Waals surface area contributed by atoms with Crippen LogP contribution in [0.4, 0.5) is 13.2 Å². The largest absolute Gasteiger partial charge is 0.403 e. The Kier molecular flexibility index (Phi) is 4.71. The minimum absolute atomic E-state index is 0.00769. The molecule has 3 nitrogen and oxygen atoms in total. The second-order valence-corrected chi connectivity index (χ2v) is 5.62. The highest BCUT2D eigenvalue weighted by Gasteiger charge is 2.42. The van der Waals surface area contributed by atoms with Crippen LogP contribution in [0.15, 0.2) is 0 Å². The summed E-state index contributed by atoms with van der Waals surface area (Å²) in [6.07, 6.45) is 1.57. The smallest absolute Gasteiger partial charge is 0.353 e. The van der Waals surface area contributed by atoms with E-state index in [2.05, 4.69) is 10.6 Å². The van der Waals surface area contributed by atoms with Crippen molar-refractivity contribution in [1.82, 2.24) is 10.6 Å². The SMILES string of the molecule is O=C(NC1CCCCC1)[C@@H]1CC[C@H](C(F)(F)F)NC1. The van der Waals surface area contributed by atoms with Crippen LogP contribution in [0.5, 0.6) is 0 Å². The van der Waals surface area contributed by atoms with Gasteiger partial charge in [-0.3, -0.25) is 4.79 Å². The van der Waals surface area contributed by atoms with Crippen molar-refractivity contribution in [1.29, 1.82) is 0 Å². The molecule has 1 saturated carbocycles. The summed E-state index contributed by atoms with van der Waals surface area (Å²) in [7, 11) is 0. The Morgan fingerprint density at radius 2 is 1.74 bits per heavy atom. The lowest BCUT2D eigenvalue weighted by Gasteiger charge is -2.32. The highest BCUT2D eigenvalue weighted by Crippen LogP contribution is 2.28. The highest BCUT2D eigenvalue weighted by atomic mass is 19.4. The van der Waals surface area contributed by atoms with Gasteiger partial charge in [-0.1, -0.05) is 19.3 Å². The minimum atomic E-state index is -4.20. The predicted molar refractivity (Wildman–Crippen MR) is 65.6 cm³/mol. The van der Waals surface area contributed by atoms with E-state index in [1.807, 2.05) is 0 Å². The number of carbonyl (C=O) groups excluding carboxylic acids is 1. The van der Waals surface area contributed by atoms with Crippen LogP contribution in [0.2, 0.25) is 0 Å². The molecule has 0 bridgehead atoms. The first-order chi connectivity index (χ1) is 8.97. The Balaban J connectivity index is 1.76. The van der Waals surface area contributed by atoms with Crippen LogP contribution in [0.1, 0.15) is 44.9 Å². The number of hydrogen-bond acceptors (Lipinski definition) is 2. The molecule has 0 aromatic carbocycles. The van der Waals surface area contributed by atoms with Gasteiger partial charge in [-0.25, -0.2) is 0 Å². The molecule has 1 saturated heterocycles. The third kappa shape index (κ3) is 4.09. The summed E-state index contributed by atoms with van der Waals surface area (Å²) < 4.78 is 37.4. The average molecular weight is 278 g/mol. The third-order valence-corrected chi connectivity index (χ3v) is 4.13. The first-order valence-corrected chi connectivity index (χ1v) is 7.07. The maximum Gasteiger partial charge on any atom is 0.403 e. The maximum absolute atomic E-state index is 12.5. The van der Waals surface area contributed by atoms with Crippen LogP contribution in [0.3, 0.4) is 0 Å². The molecule has 2 aliphatic rings. The number of piperidine rings is 1. The van der Waals surface area contributed by atoms with Gasteiger partial charge in [0.25, 0.3) is 0 Å². The van der Waals surface area contributed by atoms with E-state index in [0.717, 1.165) is 25.7 Å². The van der Waals surface area contributed by atoms with Crippen molar-refractivity contribution in [3.63, 3.8) is 0 Å². The van der Waals surface area contributed by atoms with Crippen LogP contribution in [-0.4, -0.2) is 30.7 Å². The second-order valence-electron chi connectivity index (χ2n) is 5.62. The topological polar surface area (TPSA) is 41.1 Å². The predicted octanol–water partition coefficient (Wildman–Crippen LogP) is 2.37. The molecule has 2 N–H and O–H groups in total. The molecule has 0 radical (unpaired) electrons. The van der Waals surface area contributed by atoms with Crippen molar-refractivity contribution < 1.29 is 18.0 Å². The number of halogens is 3. The lowest BCUT2D eigenvalue weighted by molar-refractivity contribution is -0.163. The van der Waals surface area contributed by atoms with Crippen LogP contribution in [0.25, 0.3) is 0 Å². The standard InChI is InChI=1S/C13H21F3N2O/c14-13(15,16)11-7-6-9(8-17-11)12(19)18-10-4-2-1-3-5-10/h9-11,17H,1-8H2,(H,18,19)/t9-,11-/m1/s1. The number of nitrogens with one attached hydrogen (secondary N) is 2. The van der Waals surface area contributed by atoms with Crippen LogP contribution in [0, 0.1) is 5.92 Å². The van der Waals surface area contributed by atoms with Gasteiger partial charge in [0.15, 0.2) is 0 Å². The molecule has 0 unspecified atom stereocenters. The van der Waals surface area contributed by atoms with Gasteiger partial charge >= 0.3 is 6.18 Å². The minimum Gasteiger partial charge on any atom is -0.353 e. The van der Waals surface area contributed by atoms with Crippen LogP contribution >= 0.6 is 0 Å². The first kappa shape index (κ1) is 14.6. The molecule has 1 aliphatic carbocycles. The fourth-order valence-corrected chi connectivity index (χ4v) is 2.93. The van der Waals surface area contributed by atoms with E-state index < -0.39 is 12.2 Å². The summed E-state index contributed by atoms with van der Waals surface area (Å²) in [6.45, 7) is 0.128. The van der Waals surface area contributed by atoms with E-state index in [1.54, 1.807) is 0 Å². The van der Waals surface area contributed by atoms with Gasteiger partial charge in [0, 0.05) is 12.6 Å². The Bertz CT molecular complexity index is 306. The van der Waals surface area contributed by atoms with Gasteiger partial charge in [0.1, 0.15) is 6.04 Å². The quantitative estimate of drug-likeness (QED) is 0.814. The molecular formula is C13H21F3N2O. The van der Waals surface area contributed by atoms with Crippen molar-refractivity contribution in [3.8, 4) is 0 Å². The fourth-order valence-electron chi connectivity index (χ4n) is 2.93. The van der Waals surface area contributed by atoms with E-state index >= 15 is 0 Å². The average Bonchev–Trinajstić information content (AvgIpc) is 2.39. The van der Waals surface area contributed by atoms with E-state index in [1.165, 1.54) is 6.42 Å². The summed E-state index contributed by atoms with van der Waals surface area (Å²) in [5, 5.41) is 5.42. The third-order valence-electron chi connectivity index (χ3n) is 4.13. The summed E-state index contributed by atoms with van der Waals surface area (Å²) in [6, 6.07) is -1.23. The lowest BCUT2D eigenvalue weighted by Crippen LogP contribution is -2.52. The number of alkyl halides is 3. The maximum atomic E-state index is 12.5. The van der Waals surface area contributed by atoms with E-state index in [-0.39, 0.29) is 30.8 Å². The molecule has 0 spiro atoms. The van der Waals surface area contributed by atoms with Crippen molar-refractivity contribution in [2.24, 2.45) is 5.92 Å². The van der Waals surface area contributed by atoms with E-state index in [0.29, 0.717) is 6.42 Å². The number of rotatable bonds is 2. The summed E-state index contributed by atoms with van der Waals surface area (Å²) in [5.74, 6) is -0.402. The van der Waals surface area contributed by atoms with Crippen LogP contribution in [-0.2, 0) is 4.79 Å². The summed E-state index contributed by atoms with van der Waals surface area (Å²) >= 11 is 0. The molecule has 2 atom stereocenters. The monoisotopic (exact) mass is 278 g/mol. The van der Waals surface area contributed by atoms with Crippen molar-refractivity contribution in [2.45, 2.75) is 63.2 Å². The molecule has 19 heavy (non-hydrogen) atoms. The molecule has 1 amide bonds. The lowest BCUT2D eigenvalue weighted by atomic mass is 9.91. The molecule has 2 fully saturated rings. The summed E-state index contributed by atoms with van der Waals surface area (Å²) in [4.78, 5) is 12.0. The summed E-state index contributed by atoms with van der Waals surface area (Å²) in [5.41, 5.74) is 0. The molecule has 110 valence electrons. The van der Waals surface area contributed by atoms with E-state index in [4.69, 9.17) is 0 Å². The zero-order chi connectivity index (χ0) is 13.9. The van der Waals surface area contributed by atoms with Crippen molar-refractivity contribution in [2.75, 3.05) is 6.54 Å². The van der Waals surface area contributed by atoms with Gasteiger partial charge in [-0.2, -0.15) is 13.2 Å². The fraction of sp³-hybridized carbons (Fsp3) is 0.923. The van der Waals surface area contributed by atoms with Gasteiger partial charge in [0.05, 0.1) is 5.92 Å². The Labute approximate surface area is 111 Å². The van der Waals surface area contributed by atoms with Crippen molar-refractivity contribution >= 4 is 5.91 Å². The van der Waals surface area contributed by atoms with E-state index in [9.17, 15) is 18.0 Å². The normalized spacial score (nSPS) is 30.1. The number of hydrogen-bond donors (Lipinski definition) is 2. The van der Waals surface area contributed by atoms with Crippen molar-refractivity contribution in [3.05, 3.63) is 0 Å². The van der Waals surface area contributed by atoms with Gasteiger partial charge in [0.2, 0.25) is 5.91 Å². The highest BCUT2D eigenvalue weighted by molar-refractivity contribution is 5.79. The second kappa shape index (κ2) is 6.11. The Morgan fingerprint density at radius 3 is 2.26 bits per heavy atom. The van der Waals surface area contributed by atoms with Gasteiger partial charge in [-0.05, 0) is 25.7 Å². The molecule has 0 aromatic heterocycles. The Morgan fingerprint density at radius 1 is 1.05 bits per heavy atom. The first-order valence-electron chi connectivity index (χ1n) is 7.07. The zero-order valence-electron chi connectivity index (χ0n) is 10.9. The van der Waals surface area contributed by atoms with Gasteiger partial charge < -0.3 is 10.6 Å². The molecule has 2 rings (SSSR count). The number of amides is 1. The molecule has 1 aliphatic heterocycles. The number of carbonyl (C=O) groups is 1. The molecule has 6 heteroatoms. The zero-order valence-corrected chi connectivity index (χ0v) is 10.9. The Hall–Kier alpha value is -0.780. The molecule has 0 aromatic rings. The van der Waals surface area contributed by atoms with Gasteiger partial charge in [-0.15, -0.1) is 0 Å².